The van der Waals surface area contributed by atoms with Gasteiger partial charge >= 0.3 is 5.97 Å². The highest BCUT2D eigenvalue weighted by molar-refractivity contribution is 6.19. The first kappa shape index (κ1) is 15.4. The van der Waals surface area contributed by atoms with E-state index in [0.29, 0.717) is 17.1 Å². The monoisotopic (exact) mass is 335 g/mol. The van der Waals surface area contributed by atoms with Crippen LogP contribution in [0.25, 0.3) is 22.4 Å². The third-order valence-electron chi connectivity index (χ3n) is 4.61. The number of rotatable bonds is 3. The number of aromatic amines is 1. The molecule has 0 spiro atoms. The van der Waals surface area contributed by atoms with Gasteiger partial charge in [-0.25, -0.2) is 4.98 Å². The summed E-state index contributed by atoms with van der Waals surface area (Å²) < 4.78 is 5.13. The van der Waals surface area contributed by atoms with Crippen molar-refractivity contribution in [2.45, 2.75) is 19.3 Å². The maximum atomic E-state index is 12.4. The molecule has 4 rings (SSSR count). The van der Waals surface area contributed by atoms with Crippen LogP contribution in [0.15, 0.2) is 42.5 Å². The number of hydrogen-bond acceptors (Lipinski definition) is 4. The van der Waals surface area contributed by atoms with E-state index in [-0.39, 0.29) is 12.5 Å². The topological polar surface area (TPSA) is 84.1 Å². The van der Waals surface area contributed by atoms with Gasteiger partial charge in [0.2, 0.25) is 5.91 Å². The molecule has 6 heteroatoms. The summed E-state index contributed by atoms with van der Waals surface area (Å²) in [5, 5.41) is 2.76. The summed E-state index contributed by atoms with van der Waals surface area (Å²) in [6.45, 7) is 3.54. The largest absolute Gasteiger partial charge is 0.465 e. The first-order chi connectivity index (χ1) is 12.0. The highest BCUT2D eigenvalue weighted by Gasteiger charge is 2.50. The minimum absolute atomic E-state index is 0.223. The first-order valence-corrected chi connectivity index (χ1v) is 8.12. The molecule has 0 radical (unpaired) electrons. The van der Waals surface area contributed by atoms with E-state index >= 15 is 0 Å². The number of anilines is 1. The van der Waals surface area contributed by atoms with Gasteiger partial charge in [-0.3, -0.25) is 9.59 Å². The van der Waals surface area contributed by atoms with Gasteiger partial charge < -0.3 is 15.0 Å². The Balaban J connectivity index is 1.83. The van der Waals surface area contributed by atoms with Crippen LogP contribution in [0.1, 0.15) is 19.4 Å². The van der Waals surface area contributed by atoms with Crippen molar-refractivity contribution in [3.8, 4) is 11.4 Å². The van der Waals surface area contributed by atoms with Crippen LogP contribution in [0.3, 0.4) is 0 Å². The molecule has 25 heavy (non-hydrogen) atoms. The Kier molecular flexibility index (Phi) is 3.35. The van der Waals surface area contributed by atoms with Gasteiger partial charge in [-0.2, -0.15) is 0 Å². The van der Waals surface area contributed by atoms with Gasteiger partial charge in [0.25, 0.3) is 0 Å². The molecule has 6 nitrogen and oxygen atoms in total. The average Bonchev–Trinajstić information content (AvgIpc) is 3.15. The number of esters is 1. The van der Waals surface area contributed by atoms with Gasteiger partial charge in [0.05, 0.1) is 17.6 Å². The molecule has 1 unspecified atom stereocenters. The highest BCUT2D eigenvalue weighted by atomic mass is 16.5. The van der Waals surface area contributed by atoms with E-state index < -0.39 is 11.4 Å². The Morgan fingerprint density at radius 1 is 1.24 bits per heavy atom. The first-order valence-electron chi connectivity index (χ1n) is 8.12. The number of aromatic nitrogens is 2. The number of H-pyrrole nitrogens is 1. The Bertz CT molecular complexity index is 975. The number of nitrogens with one attached hydrogen (secondary N) is 2. The summed E-state index contributed by atoms with van der Waals surface area (Å²) in [6.07, 6.45) is 0. The summed E-state index contributed by atoms with van der Waals surface area (Å²) in [7, 11) is 0. The summed E-state index contributed by atoms with van der Waals surface area (Å²) >= 11 is 0. The van der Waals surface area contributed by atoms with Gasteiger partial charge in [0, 0.05) is 16.8 Å². The predicted molar refractivity (Wildman–Crippen MR) is 94.1 cm³/mol. The van der Waals surface area contributed by atoms with Crippen LogP contribution in [0.5, 0.6) is 0 Å². The fraction of sp³-hybridized carbons (Fsp3) is 0.211. The predicted octanol–water partition coefficient (Wildman–Crippen LogP) is 3.00. The van der Waals surface area contributed by atoms with Crippen molar-refractivity contribution in [2.24, 2.45) is 0 Å². The van der Waals surface area contributed by atoms with Crippen molar-refractivity contribution in [1.82, 2.24) is 9.97 Å². The molecule has 0 saturated heterocycles. The summed E-state index contributed by atoms with van der Waals surface area (Å²) in [4.78, 5) is 32.7. The molecular formula is C19H17N3O3. The minimum Gasteiger partial charge on any atom is -0.465 e. The molecule has 0 fully saturated rings. The van der Waals surface area contributed by atoms with Gasteiger partial charge in [0.1, 0.15) is 5.82 Å². The number of fused-ring (bicyclic) bond motifs is 2. The molecule has 1 aromatic heterocycles. The number of ether oxygens (including phenoxy) is 1. The minimum atomic E-state index is -1.35. The average molecular weight is 335 g/mol. The van der Waals surface area contributed by atoms with Crippen LogP contribution in [0.4, 0.5) is 5.69 Å². The van der Waals surface area contributed by atoms with E-state index in [9.17, 15) is 9.59 Å². The van der Waals surface area contributed by atoms with Crippen LogP contribution >= 0.6 is 0 Å². The molecule has 1 atom stereocenters. The fourth-order valence-electron chi connectivity index (χ4n) is 3.15. The van der Waals surface area contributed by atoms with Crippen molar-refractivity contribution >= 4 is 28.6 Å². The lowest BCUT2D eigenvalue weighted by atomic mass is 9.83. The third kappa shape index (κ3) is 2.21. The molecule has 2 aromatic carbocycles. The third-order valence-corrected chi connectivity index (χ3v) is 4.61. The van der Waals surface area contributed by atoms with Gasteiger partial charge in [-0.15, -0.1) is 0 Å². The number of amides is 1. The fourth-order valence-corrected chi connectivity index (χ4v) is 3.15. The molecule has 126 valence electrons. The van der Waals surface area contributed by atoms with E-state index in [0.717, 1.165) is 16.6 Å². The molecular weight excluding hydrogens is 318 g/mol. The summed E-state index contributed by atoms with van der Waals surface area (Å²) in [5.74, 6) is -0.231. The molecule has 1 aliphatic rings. The lowest BCUT2D eigenvalue weighted by molar-refractivity contribution is -0.152. The maximum absolute atomic E-state index is 12.4. The number of hydrogen-bond donors (Lipinski definition) is 2. The number of para-hydroxylation sites is 2. The zero-order valence-electron chi connectivity index (χ0n) is 13.9. The van der Waals surface area contributed by atoms with Gasteiger partial charge in [0.15, 0.2) is 5.41 Å². The molecule has 1 amide bonds. The smallest absolute Gasteiger partial charge is 0.326 e. The molecule has 1 aliphatic heterocycles. The molecule has 0 bridgehead atoms. The number of carbonyl (C=O) groups is 2. The second-order valence-corrected chi connectivity index (χ2v) is 6.16. The van der Waals surface area contributed by atoms with Crippen LogP contribution < -0.4 is 5.32 Å². The standard InChI is InChI=1S/C19H17N3O3/c1-3-25-18(24)19(2)12-10-11(8-9-13(12)22-17(19)23)16-20-14-6-4-5-7-15(14)21-16/h4-10H,3H2,1-2H3,(H,20,21)(H,22,23). The second-order valence-electron chi connectivity index (χ2n) is 6.16. The zero-order valence-corrected chi connectivity index (χ0v) is 13.9. The zero-order chi connectivity index (χ0) is 17.6. The van der Waals surface area contributed by atoms with E-state index in [1.165, 1.54) is 0 Å². The van der Waals surface area contributed by atoms with Gasteiger partial charge in [-0.1, -0.05) is 12.1 Å². The summed E-state index contributed by atoms with van der Waals surface area (Å²) in [6, 6.07) is 13.2. The Morgan fingerprint density at radius 3 is 2.80 bits per heavy atom. The lowest BCUT2D eigenvalue weighted by Gasteiger charge is -2.20. The molecule has 2 N–H and O–H groups in total. The Labute approximate surface area is 144 Å². The van der Waals surface area contributed by atoms with Crippen LogP contribution in [-0.2, 0) is 19.7 Å². The molecule has 0 saturated carbocycles. The Hall–Kier alpha value is -3.15. The van der Waals surface area contributed by atoms with E-state index in [4.69, 9.17) is 4.74 Å². The number of benzene rings is 2. The van der Waals surface area contributed by atoms with Crippen molar-refractivity contribution < 1.29 is 14.3 Å². The molecule has 2 heterocycles. The van der Waals surface area contributed by atoms with Crippen LogP contribution in [0, 0.1) is 0 Å². The van der Waals surface area contributed by atoms with E-state index in [1.54, 1.807) is 19.9 Å². The van der Waals surface area contributed by atoms with Crippen molar-refractivity contribution in [2.75, 3.05) is 11.9 Å². The van der Waals surface area contributed by atoms with E-state index in [2.05, 4.69) is 15.3 Å². The van der Waals surface area contributed by atoms with E-state index in [1.807, 2.05) is 36.4 Å². The number of imidazole rings is 1. The van der Waals surface area contributed by atoms with Crippen LogP contribution in [-0.4, -0.2) is 28.5 Å². The highest BCUT2D eigenvalue weighted by Crippen LogP contribution is 2.40. The normalized spacial score (nSPS) is 18.9. The van der Waals surface area contributed by atoms with Crippen molar-refractivity contribution in [3.05, 3.63) is 48.0 Å². The Morgan fingerprint density at radius 2 is 2.04 bits per heavy atom. The van der Waals surface area contributed by atoms with Crippen LogP contribution in [0.2, 0.25) is 0 Å². The second kappa shape index (κ2) is 5.44. The lowest BCUT2D eigenvalue weighted by Crippen LogP contribution is -2.40. The van der Waals surface area contributed by atoms with Gasteiger partial charge in [-0.05, 0) is 44.2 Å². The number of nitrogens with zero attached hydrogens (tertiary/aromatic N) is 1. The number of carbonyl (C=O) groups excluding carboxylic acids is 2. The van der Waals surface area contributed by atoms with Crippen molar-refractivity contribution in [3.63, 3.8) is 0 Å². The maximum Gasteiger partial charge on any atom is 0.326 e. The molecule has 3 aromatic rings. The quantitative estimate of drug-likeness (QED) is 0.569. The summed E-state index contributed by atoms with van der Waals surface area (Å²) in [5.41, 5.74) is 2.48. The SMILES string of the molecule is CCOC(=O)C1(C)C(=O)Nc2ccc(-c3nc4ccccc4[nH]3)cc21. The van der Waals surface area contributed by atoms with Crippen molar-refractivity contribution in [1.29, 1.82) is 0 Å². The molecule has 0 aliphatic carbocycles.